The Hall–Kier alpha value is -3.86. The van der Waals surface area contributed by atoms with Crippen LogP contribution in [0.25, 0.3) is 11.6 Å². The van der Waals surface area contributed by atoms with Crippen molar-refractivity contribution in [2.45, 2.75) is 0 Å². The number of hydrogen-bond acceptors (Lipinski definition) is 5. The Morgan fingerprint density at radius 2 is 1.20 bits per heavy atom. The Bertz CT molecular complexity index is 1060. The molecule has 0 N–H and O–H groups in total. The van der Waals surface area contributed by atoms with Crippen LogP contribution in [0, 0.1) is 0 Å². The molecule has 0 saturated carbocycles. The normalized spacial score (nSPS) is 11.0. The Labute approximate surface area is 175 Å². The Balaban J connectivity index is 2.06. The van der Waals surface area contributed by atoms with Crippen LogP contribution in [0.2, 0.25) is 0 Å². The predicted octanol–water partition coefficient (Wildman–Crippen LogP) is 4.86. The summed E-state index contributed by atoms with van der Waals surface area (Å²) in [5.41, 5.74) is 4.70. The van der Waals surface area contributed by atoms with E-state index in [0.29, 0.717) is 11.1 Å². The average Bonchev–Trinajstić information content (AvgIpc) is 2.82. The first-order valence-electron chi connectivity index (χ1n) is 9.29. The SMILES string of the molecule is COC(=O)c1ccc(/C=C(\c2ccc(C(=O)OC)cc2)c2cccc(OC)c2)cc1. The maximum absolute atomic E-state index is 11.8. The van der Waals surface area contributed by atoms with Crippen LogP contribution in [0.3, 0.4) is 0 Å². The van der Waals surface area contributed by atoms with Gasteiger partial charge in [-0.05, 0) is 64.7 Å². The number of esters is 2. The summed E-state index contributed by atoms with van der Waals surface area (Å²) >= 11 is 0. The van der Waals surface area contributed by atoms with E-state index in [4.69, 9.17) is 14.2 Å². The number of ether oxygens (including phenoxy) is 3. The van der Waals surface area contributed by atoms with Crippen LogP contribution >= 0.6 is 0 Å². The van der Waals surface area contributed by atoms with Crippen molar-refractivity contribution in [3.8, 4) is 5.75 Å². The third-order valence-electron chi connectivity index (χ3n) is 4.64. The molecule has 0 aromatic heterocycles. The third-order valence-corrected chi connectivity index (χ3v) is 4.64. The summed E-state index contributed by atoms with van der Waals surface area (Å²) < 4.78 is 14.9. The highest BCUT2D eigenvalue weighted by Crippen LogP contribution is 2.29. The third kappa shape index (κ3) is 4.75. The second kappa shape index (κ2) is 9.56. The van der Waals surface area contributed by atoms with E-state index in [2.05, 4.69) is 0 Å². The number of carbonyl (C=O) groups is 2. The highest BCUT2D eigenvalue weighted by molar-refractivity contribution is 5.94. The fraction of sp³-hybridized carbons (Fsp3) is 0.120. The Morgan fingerprint density at radius 3 is 1.73 bits per heavy atom. The maximum atomic E-state index is 11.8. The minimum absolute atomic E-state index is 0.378. The van der Waals surface area contributed by atoms with Crippen molar-refractivity contribution in [3.05, 3.63) is 101 Å². The van der Waals surface area contributed by atoms with Crippen LogP contribution in [-0.4, -0.2) is 33.3 Å². The van der Waals surface area contributed by atoms with Gasteiger partial charge < -0.3 is 14.2 Å². The topological polar surface area (TPSA) is 61.8 Å². The van der Waals surface area contributed by atoms with Gasteiger partial charge in [-0.3, -0.25) is 0 Å². The van der Waals surface area contributed by atoms with Crippen molar-refractivity contribution in [1.82, 2.24) is 0 Å². The molecule has 0 spiro atoms. The second-order valence-electron chi connectivity index (χ2n) is 6.47. The van der Waals surface area contributed by atoms with Gasteiger partial charge in [-0.2, -0.15) is 0 Å². The fourth-order valence-corrected chi connectivity index (χ4v) is 3.03. The lowest BCUT2D eigenvalue weighted by atomic mass is 9.94. The van der Waals surface area contributed by atoms with Crippen molar-refractivity contribution in [3.63, 3.8) is 0 Å². The van der Waals surface area contributed by atoms with Gasteiger partial charge in [0.05, 0.1) is 32.5 Å². The summed E-state index contributed by atoms with van der Waals surface area (Å²) in [4.78, 5) is 23.4. The molecule has 0 amide bonds. The molecule has 0 saturated heterocycles. The van der Waals surface area contributed by atoms with Crippen LogP contribution in [0.5, 0.6) is 5.75 Å². The highest BCUT2D eigenvalue weighted by atomic mass is 16.5. The zero-order chi connectivity index (χ0) is 21.5. The molecule has 0 atom stereocenters. The summed E-state index contributed by atoms with van der Waals surface area (Å²) in [5, 5.41) is 0. The molecule has 0 aliphatic carbocycles. The van der Waals surface area contributed by atoms with E-state index < -0.39 is 0 Å². The van der Waals surface area contributed by atoms with Gasteiger partial charge in [0.1, 0.15) is 5.75 Å². The minimum Gasteiger partial charge on any atom is -0.497 e. The van der Waals surface area contributed by atoms with Gasteiger partial charge in [0.15, 0.2) is 0 Å². The predicted molar refractivity (Wildman–Crippen MR) is 116 cm³/mol. The molecular weight excluding hydrogens is 380 g/mol. The molecule has 0 heterocycles. The number of rotatable bonds is 6. The van der Waals surface area contributed by atoms with Crippen molar-refractivity contribution >= 4 is 23.6 Å². The molecule has 5 nitrogen and oxygen atoms in total. The molecule has 0 unspecified atom stereocenters. The Morgan fingerprint density at radius 1 is 0.667 bits per heavy atom. The molecule has 0 aliphatic heterocycles. The summed E-state index contributed by atoms with van der Waals surface area (Å²) in [6, 6.07) is 22.1. The summed E-state index contributed by atoms with van der Waals surface area (Å²) in [5.74, 6) is -0.0190. The van der Waals surface area contributed by atoms with E-state index in [-0.39, 0.29) is 11.9 Å². The zero-order valence-electron chi connectivity index (χ0n) is 17.0. The van der Waals surface area contributed by atoms with Crippen LogP contribution in [-0.2, 0) is 9.47 Å². The lowest BCUT2D eigenvalue weighted by Gasteiger charge is -2.11. The lowest BCUT2D eigenvalue weighted by Crippen LogP contribution is -2.01. The van der Waals surface area contributed by atoms with E-state index in [1.807, 2.05) is 54.6 Å². The van der Waals surface area contributed by atoms with Gasteiger partial charge >= 0.3 is 11.9 Å². The molecule has 30 heavy (non-hydrogen) atoms. The number of hydrogen-bond donors (Lipinski definition) is 0. The van der Waals surface area contributed by atoms with Gasteiger partial charge in [0.2, 0.25) is 0 Å². The molecule has 152 valence electrons. The Kier molecular flexibility index (Phi) is 6.65. The zero-order valence-corrected chi connectivity index (χ0v) is 17.0. The molecule has 0 aliphatic rings. The quantitative estimate of drug-likeness (QED) is 0.435. The van der Waals surface area contributed by atoms with Crippen LogP contribution < -0.4 is 4.74 Å². The molecule has 0 fully saturated rings. The number of benzene rings is 3. The van der Waals surface area contributed by atoms with E-state index in [1.54, 1.807) is 31.4 Å². The molecule has 3 aromatic rings. The van der Waals surface area contributed by atoms with Gasteiger partial charge in [0.25, 0.3) is 0 Å². The standard InChI is InChI=1S/C25H22O5/c1-28-22-6-4-5-21(16-22)23(18-11-13-20(14-12-18)25(27)30-3)15-17-7-9-19(10-8-17)24(26)29-2/h4-16H,1-3H3/b23-15+. The lowest BCUT2D eigenvalue weighted by molar-refractivity contribution is 0.0592. The van der Waals surface area contributed by atoms with E-state index in [1.165, 1.54) is 14.2 Å². The van der Waals surface area contributed by atoms with Gasteiger partial charge in [-0.1, -0.05) is 36.4 Å². The summed E-state index contributed by atoms with van der Waals surface area (Å²) in [6.07, 6.45) is 2.02. The highest BCUT2D eigenvalue weighted by Gasteiger charge is 2.10. The largest absolute Gasteiger partial charge is 0.497 e. The first-order valence-corrected chi connectivity index (χ1v) is 9.29. The first kappa shape index (κ1) is 20.9. The number of methoxy groups -OCH3 is 3. The number of carbonyl (C=O) groups excluding carboxylic acids is 2. The van der Waals surface area contributed by atoms with Gasteiger partial charge in [0, 0.05) is 0 Å². The monoisotopic (exact) mass is 402 g/mol. The van der Waals surface area contributed by atoms with Gasteiger partial charge in [-0.15, -0.1) is 0 Å². The molecule has 3 rings (SSSR count). The second-order valence-corrected chi connectivity index (χ2v) is 6.47. The fourth-order valence-electron chi connectivity index (χ4n) is 3.03. The van der Waals surface area contributed by atoms with E-state index >= 15 is 0 Å². The van der Waals surface area contributed by atoms with Crippen LogP contribution in [0.4, 0.5) is 0 Å². The van der Waals surface area contributed by atoms with Crippen molar-refractivity contribution in [1.29, 1.82) is 0 Å². The molecule has 3 aromatic carbocycles. The maximum Gasteiger partial charge on any atom is 0.337 e. The molecule has 5 heteroatoms. The summed E-state index contributed by atoms with van der Waals surface area (Å²) in [6.45, 7) is 0. The van der Waals surface area contributed by atoms with E-state index in [9.17, 15) is 9.59 Å². The van der Waals surface area contributed by atoms with Crippen LogP contribution in [0.15, 0.2) is 72.8 Å². The average molecular weight is 402 g/mol. The summed E-state index contributed by atoms with van der Waals surface area (Å²) in [7, 11) is 4.34. The molecule has 0 radical (unpaired) electrons. The first-order chi connectivity index (χ1) is 14.5. The molecule has 0 bridgehead atoms. The van der Waals surface area contributed by atoms with Crippen molar-refractivity contribution in [2.75, 3.05) is 21.3 Å². The molecular formula is C25H22O5. The van der Waals surface area contributed by atoms with Crippen LogP contribution in [0.1, 0.15) is 37.4 Å². The smallest absolute Gasteiger partial charge is 0.337 e. The van der Waals surface area contributed by atoms with Crippen molar-refractivity contribution in [2.24, 2.45) is 0 Å². The van der Waals surface area contributed by atoms with E-state index in [0.717, 1.165) is 28.0 Å². The van der Waals surface area contributed by atoms with Crippen molar-refractivity contribution < 1.29 is 23.8 Å². The van der Waals surface area contributed by atoms with Gasteiger partial charge in [-0.25, -0.2) is 9.59 Å². The minimum atomic E-state index is -0.383.